The number of rotatable bonds is 4. The molecule has 1 aromatic heterocycles. The molecule has 0 N–H and O–H groups in total. The Hall–Kier alpha value is -1.01. The Morgan fingerprint density at radius 3 is 2.80 bits per heavy atom. The minimum atomic E-state index is 0.738. The molecule has 0 amide bonds. The van der Waals surface area contributed by atoms with Crippen LogP contribution in [0, 0.1) is 25.2 Å². The lowest BCUT2D eigenvalue weighted by Crippen LogP contribution is -1.94. The maximum Gasteiger partial charge on any atom is 0.102 e. The number of unbranched alkanes of at least 4 members (excludes halogenated alkanes) is 1. The van der Waals surface area contributed by atoms with E-state index in [2.05, 4.69) is 18.0 Å². The average Bonchev–Trinajstić information content (AvgIpc) is 2.17. The molecule has 0 radical (unpaired) electrons. The SMILES string of the molecule is CCCCSc1cc(C)nc(C)c1C#N. The van der Waals surface area contributed by atoms with Gasteiger partial charge in [0.25, 0.3) is 0 Å². The van der Waals surface area contributed by atoms with Gasteiger partial charge in [-0.15, -0.1) is 11.8 Å². The lowest BCUT2D eigenvalue weighted by Gasteiger charge is -2.06. The monoisotopic (exact) mass is 220 g/mol. The highest BCUT2D eigenvalue weighted by atomic mass is 32.2. The second-order valence-corrected chi connectivity index (χ2v) is 4.67. The number of nitrogens with zero attached hydrogens (tertiary/aromatic N) is 2. The van der Waals surface area contributed by atoms with E-state index < -0.39 is 0 Å². The first-order valence-electron chi connectivity index (χ1n) is 5.20. The van der Waals surface area contributed by atoms with Crippen LogP contribution in [-0.2, 0) is 0 Å². The number of aromatic nitrogens is 1. The van der Waals surface area contributed by atoms with Crippen molar-refractivity contribution in [1.82, 2.24) is 4.98 Å². The maximum absolute atomic E-state index is 9.04. The molecule has 1 aromatic rings. The zero-order valence-electron chi connectivity index (χ0n) is 9.50. The summed E-state index contributed by atoms with van der Waals surface area (Å²) < 4.78 is 0. The van der Waals surface area contributed by atoms with Crippen molar-refractivity contribution >= 4 is 11.8 Å². The molecule has 0 aliphatic heterocycles. The van der Waals surface area contributed by atoms with Gasteiger partial charge < -0.3 is 0 Å². The third-order valence-electron chi connectivity index (χ3n) is 2.16. The van der Waals surface area contributed by atoms with Crippen LogP contribution in [0.15, 0.2) is 11.0 Å². The van der Waals surface area contributed by atoms with E-state index in [1.807, 2.05) is 19.9 Å². The molecule has 0 aromatic carbocycles. The number of thioether (sulfide) groups is 1. The largest absolute Gasteiger partial charge is 0.257 e. The minimum absolute atomic E-state index is 0.738. The van der Waals surface area contributed by atoms with Crippen LogP contribution < -0.4 is 0 Å². The molecule has 0 aliphatic rings. The molecule has 3 heteroatoms. The average molecular weight is 220 g/mol. The number of pyridine rings is 1. The van der Waals surface area contributed by atoms with E-state index in [0.29, 0.717) is 0 Å². The molecule has 1 rings (SSSR count). The van der Waals surface area contributed by atoms with E-state index >= 15 is 0 Å². The summed E-state index contributed by atoms with van der Waals surface area (Å²) in [5, 5.41) is 9.04. The van der Waals surface area contributed by atoms with Gasteiger partial charge in [-0.25, -0.2) is 0 Å². The van der Waals surface area contributed by atoms with E-state index in [4.69, 9.17) is 5.26 Å². The van der Waals surface area contributed by atoms with Gasteiger partial charge in [-0.3, -0.25) is 4.98 Å². The van der Waals surface area contributed by atoms with Gasteiger partial charge in [0.15, 0.2) is 0 Å². The molecular weight excluding hydrogens is 204 g/mol. The van der Waals surface area contributed by atoms with Crippen molar-refractivity contribution in [1.29, 1.82) is 5.26 Å². The molecule has 0 bridgehead atoms. The molecule has 0 spiro atoms. The van der Waals surface area contributed by atoms with Crippen molar-refractivity contribution in [3.8, 4) is 6.07 Å². The number of aryl methyl sites for hydroxylation is 2. The summed E-state index contributed by atoms with van der Waals surface area (Å²) in [6.07, 6.45) is 2.38. The first-order valence-corrected chi connectivity index (χ1v) is 6.18. The predicted molar refractivity (Wildman–Crippen MR) is 64.1 cm³/mol. The van der Waals surface area contributed by atoms with Gasteiger partial charge in [0.2, 0.25) is 0 Å². The molecule has 1 heterocycles. The summed E-state index contributed by atoms with van der Waals surface area (Å²) in [4.78, 5) is 5.38. The summed E-state index contributed by atoms with van der Waals surface area (Å²) in [5.74, 6) is 1.08. The van der Waals surface area contributed by atoms with Crippen molar-refractivity contribution < 1.29 is 0 Å². The topological polar surface area (TPSA) is 36.7 Å². The van der Waals surface area contributed by atoms with E-state index in [1.54, 1.807) is 11.8 Å². The molecule has 0 fully saturated rings. The molecule has 0 saturated heterocycles. The van der Waals surface area contributed by atoms with Crippen molar-refractivity contribution in [2.75, 3.05) is 5.75 Å². The van der Waals surface area contributed by atoms with Gasteiger partial charge in [-0.05, 0) is 32.1 Å². The highest BCUT2D eigenvalue weighted by molar-refractivity contribution is 7.99. The van der Waals surface area contributed by atoms with Crippen LogP contribution in [0.4, 0.5) is 0 Å². The maximum atomic E-state index is 9.04. The molecule has 2 nitrogen and oxygen atoms in total. The Labute approximate surface area is 95.7 Å². The quantitative estimate of drug-likeness (QED) is 0.576. The lowest BCUT2D eigenvalue weighted by molar-refractivity contribution is 0.895. The molecule has 0 unspecified atom stereocenters. The van der Waals surface area contributed by atoms with Gasteiger partial charge in [-0.1, -0.05) is 13.3 Å². The van der Waals surface area contributed by atoms with Gasteiger partial charge in [-0.2, -0.15) is 5.26 Å². The zero-order valence-corrected chi connectivity index (χ0v) is 10.3. The van der Waals surface area contributed by atoms with Gasteiger partial charge in [0.05, 0.1) is 11.3 Å². The van der Waals surface area contributed by atoms with Gasteiger partial charge in [0.1, 0.15) is 6.07 Å². The third-order valence-corrected chi connectivity index (χ3v) is 3.29. The Morgan fingerprint density at radius 1 is 1.47 bits per heavy atom. The van der Waals surface area contributed by atoms with E-state index in [1.165, 1.54) is 12.8 Å². The smallest absolute Gasteiger partial charge is 0.102 e. The van der Waals surface area contributed by atoms with Crippen molar-refractivity contribution in [3.05, 3.63) is 23.0 Å². The third kappa shape index (κ3) is 3.24. The van der Waals surface area contributed by atoms with E-state index in [0.717, 1.165) is 27.6 Å². The number of nitriles is 1. The fourth-order valence-corrected chi connectivity index (χ4v) is 2.61. The molecule has 0 saturated carbocycles. The molecule has 15 heavy (non-hydrogen) atoms. The second-order valence-electron chi connectivity index (χ2n) is 3.54. The Morgan fingerprint density at radius 2 is 2.20 bits per heavy atom. The molecule has 0 atom stereocenters. The van der Waals surface area contributed by atoms with Crippen LogP contribution in [0.2, 0.25) is 0 Å². The summed E-state index contributed by atoms with van der Waals surface area (Å²) in [6.45, 7) is 6.04. The van der Waals surface area contributed by atoms with Crippen LogP contribution in [0.5, 0.6) is 0 Å². The fourth-order valence-electron chi connectivity index (χ4n) is 1.37. The van der Waals surface area contributed by atoms with Crippen molar-refractivity contribution in [2.45, 2.75) is 38.5 Å². The van der Waals surface area contributed by atoms with Crippen molar-refractivity contribution in [3.63, 3.8) is 0 Å². The summed E-state index contributed by atoms with van der Waals surface area (Å²) in [5.41, 5.74) is 2.57. The minimum Gasteiger partial charge on any atom is -0.257 e. The van der Waals surface area contributed by atoms with E-state index in [9.17, 15) is 0 Å². The second kappa shape index (κ2) is 5.77. The Bertz CT molecular complexity index is 380. The predicted octanol–water partition coefficient (Wildman–Crippen LogP) is 3.46. The van der Waals surface area contributed by atoms with Gasteiger partial charge in [0, 0.05) is 10.6 Å². The highest BCUT2D eigenvalue weighted by Gasteiger charge is 2.07. The van der Waals surface area contributed by atoms with Crippen LogP contribution in [-0.4, -0.2) is 10.7 Å². The molecule has 0 aliphatic carbocycles. The number of hydrogen-bond donors (Lipinski definition) is 0. The summed E-state index contributed by atoms with van der Waals surface area (Å²) in [6, 6.07) is 4.24. The first kappa shape index (κ1) is 12.1. The summed E-state index contributed by atoms with van der Waals surface area (Å²) >= 11 is 1.76. The van der Waals surface area contributed by atoms with Crippen LogP contribution in [0.25, 0.3) is 0 Å². The number of hydrogen-bond acceptors (Lipinski definition) is 3. The molecular formula is C12H16N2S. The standard InChI is InChI=1S/C12H16N2S/c1-4-5-6-15-12-7-9(2)14-10(3)11(12)8-13/h7H,4-6H2,1-3H3. The highest BCUT2D eigenvalue weighted by Crippen LogP contribution is 2.25. The Kier molecular flexibility index (Phi) is 4.64. The van der Waals surface area contributed by atoms with Gasteiger partial charge >= 0.3 is 0 Å². The Balaban J connectivity index is 2.90. The normalized spacial score (nSPS) is 10.0. The fraction of sp³-hybridized carbons (Fsp3) is 0.500. The van der Waals surface area contributed by atoms with Crippen LogP contribution in [0.3, 0.4) is 0 Å². The van der Waals surface area contributed by atoms with Crippen LogP contribution in [0.1, 0.15) is 36.7 Å². The lowest BCUT2D eigenvalue weighted by atomic mass is 10.2. The molecule has 80 valence electrons. The summed E-state index contributed by atoms with van der Waals surface area (Å²) in [7, 11) is 0. The van der Waals surface area contributed by atoms with Crippen LogP contribution >= 0.6 is 11.8 Å². The zero-order chi connectivity index (χ0) is 11.3. The van der Waals surface area contributed by atoms with E-state index in [-0.39, 0.29) is 0 Å². The van der Waals surface area contributed by atoms with Crippen molar-refractivity contribution in [2.24, 2.45) is 0 Å². The first-order chi connectivity index (χ1) is 7.19.